The predicted molar refractivity (Wildman–Crippen MR) is 99.5 cm³/mol. The highest BCUT2D eigenvalue weighted by Crippen LogP contribution is 2.29. The molecule has 2 heterocycles. The topological polar surface area (TPSA) is 60.5 Å². The van der Waals surface area contributed by atoms with Crippen molar-refractivity contribution in [3.05, 3.63) is 48.2 Å². The fraction of sp³-hybridized carbons (Fsp3) is 0.368. The lowest BCUT2D eigenvalue weighted by Crippen LogP contribution is -2.17. The average molecular weight is 412 g/mol. The van der Waals surface area contributed by atoms with Crippen LogP contribution in [-0.4, -0.2) is 36.0 Å². The standard InChI is InChI=1S/C19H19F3N2O3S/c20-19(21,22)13-6-7-18(23-10-13)28-12-17(25)24-14-3-1-4-15(9-14)27-11-16-5-2-8-26-16/h1,3-4,6-7,9-10,16H,2,5,8,11-12H2,(H,24,25). The first-order valence-corrected chi connectivity index (χ1v) is 9.69. The van der Waals surface area contributed by atoms with Gasteiger partial charge in [-0.05, 0) is 37.1 Å². The lowest BCUT2D eigenvalue weighted by atomic mass is 10.2. The van der Waals surface area contributed by atoms with Crippen molar-refractivity contribution >= 4 is 23.4 Å². The lowest BCUT2D eigenvalue weighted by Gasteiger charge is -2.12. The van der Waals surface area contributed by atoms with Gasteiger partial charge in [-0.2, -0.15) is 13.2 Å². The van der Waals surface area contributed by atoms with Crippen molar-refractivity contribution in [3.8, 4) is 5.75 Å². The van der Waals surface area contributed by atoms with Gasteiger partial charge in [-0.15, -0.1) is 0 Å². The Morgan fingerprint density at radius 3 is 2.86 bits per heavy atom. The van der Waals surface area contributed by atoms with E-state index in [0.717, 1.165) is 43.5 Å². The molecule has 1 aliphatic rings. The number of pyridine rings is 1. The molecule has 1 aliphatic heterocycles. The van der Waals surface area contributed by atoms with E-state index in [4.69, 9.17) is 9.47 Å². The summed E-state index contributed by atoms with van der Waals surface area (Å²) in [4.78, 5) is 15.8. The molecule has 1 unspecified atom stereocenters. The van der Waals surface area contributed by atoms with Crippen LogP contribution in [-0.2, 0) is 15.7 Å². The van der Waals surface area contributed by atoms with Crippen molar-refractivity contribution in [2.45, 2.75) is 30.1 Å². The summed E-state index contributed by atoms with van der Waals surface area (Å²) in [6.07, 6.45) is -1.55. The van der Waals surface area contributed by atoms with Crippen molar-refractivity contribution in [2.24, 2.45) is 0 Å². The first kappa shape index (κ1) is 20.5. The van der Waals surface area contributed by atoms with E-state index in [1.807, 2.05) is 0 Å². The van der Waals surface area contributed by atoms with Crippen molar-refractivity contribution in [3.63, 3.8) is 0 Å². The molecule has 0 saturated carbocycles. The molecule has 5 nitrogen and oxygen atoms in total. The monoisotopic (exact) mass is 412 g/mol. The fourth-order valence-electron chi connectivity index (χ4n) is 2.60. The molecule has 1 fully saturated rings. The van der Waals surface area contributed by atoms with Crippen LogP contribution in [0, 0.1) is 0 Å². The summed E-state index contributed by atoms with van der Waals surface area (Å²) in [6, 6.07) is 9.21. The molecule has 1 atom stereocenters. The zero-order chi connectivity index (χ0) is 20.0. The number of thioether (sulfide) groups is 1. The van der Waals surface area contributed by atoms with Crippen LogP contribution in [0.3, 0.4) is 0 Å². The molecule has 9 heteroatoms. The van der Waals surface area contributed by atoms with Gasteiger partial charge in [0.2, 0.25) is 5.91 Å². The second-order valence-electron chi connectivity index (χ2n) is 6.19. The lowest BCUT2D eigenvalue weighted by molar-refractivity contribution is -0.137. The summed E-state index contributed by atoms with van der Waals surface area (Å²) in [5.41, 5.74) is -0.239. The van der Waals surface area contributed by atoms with Gasteiger partial charge < -0.3 is 14.8 Å². The highest BCUT2D eigenvalue weighted by atomic mass is 32.2. The van der Waals surface area contributed by atoms with Gasteiger partial charge >= 0.3 is 6.18 Å². The minimum atomic E-state index is -4.43. The number of amides is 1. The number of aromatic nitrogens is 1. The van der Waals surface area contributed by atoms with Crippen LogP contribution in [0.1, 0.15) is 18.4 Å². The third kappa shape index (κ3) is 6.13. The van der Waals surface area contributed by atoms with Gasteiger partial charge in [-0.25, -0.2) is 4.98 Å². The van der Waals surface area contributed by atoms with Crippen molar-refractivity contribution in [1.29, 1.82) is 0 Å². The van der Waals surface area contributed by atoms with E-state index in [9.17, 15) is 18.0 Å². The van der Waals surface area contributed by atoms with E-state index in [0.29, 0.717) is 23.1 Å². The molecule has 0 radical (unpaired) electrons. The van der Waals surface area contributed by atoms with E-state index in [-0.39, 0.29) is 17.8 Å². The van der Waals surface area contributed by atoms with E-state index in [1.54, 1.807) is 24.3 Å². The first-order chi connectivity index (χ1) is 13.4. The Balaban J connectivity index is 1.47. The zero-order valence-corrected chi connectivity index (χ0v) is 15.7. The number of ether oxygens (including phenoxy) is 2. The van der Waals surface area contributed by atoms with Crippen molar-refractivity contribution < 1.29 is 27.4 Å². The third-order valence-corrected chi connectivity index (χ3v) is 4.94. The molecule has 28 heavy (non-hydrogen) atoms. The smallest absolute Gasteiger partial charge is 0.417 e. The van der Waals surface area contributed by atoms with Crippen LogP contribution >= 0.6 is 11.8 Å². The number of halogens is 3. The molecule has 150 valence electrons. The Morgan fingerprint density at radius 2 is 2.18 bits per heavy atom. The van der Waals surface area contributed by atoms with Crippen LogP contribution in [0.25, 0.3) is 0 Å². The van der Waals surface area contributed by atoms with Gasteiger partial charge in [-0.1, -0.05) is 17.8 Å². The molecule has 0 aliphatic carbocycles. The molecular weight excluding hydrogens is 393 g/mol. The first-order valence-electron chi connectivity index (χ1n) is 8.70. The average Bonchev–Trinajstić information content (AvgIpc) is 3.18. The molecule has 1 aromatic carbocycles. The van der Waals surface area contributed by atoms with Crippen molar-refractivity contribution in [2.75, 3.05) is 24.3 Å². The van der Waals surface area contributed by atoms with Gasteiger partial charge in [0.15, 0.2) is 0 Å². The van der Waals surface area contributed by atoms with E-state index in [2.05, 4.69) is 10.3 Å². The number of hydrogen-bond acceptors (Lipinski definition) is 5. The van der Waals surface area contributed by atoms with Gasteiger partial charge in [0.05, 0.1) is 22.4 Å². The number of carbonyl (C=O) groups excluding carboxylic acids is 1. The minimum Gasteiger partial charge on any atom is -0.491 e. The second-order valence-corrected chi connectivity index (χ2v) is 7.19. The molecule has 0 spiro atoms. The Kier molecular flexibility index (Phi) is 6.79. The van der Waals surface area contributed by atoms with E-state index < -0.39 is 11.7 Å². The summed E-state index contributed by atoms with van der Waals surface area (Å²) in [7, 11) is 0. The highest BCUT2D eigenvalue weighted by Gasteiger charge is 2.30. The Morgan fingerprint density at radius 1 is 1.32 bits per heavy atom. The van der Waals surface area contributed by atoms with Crippen LogP contribution in [0.2, 0.25) is 0 Å². The van der Waals surface area contributed by atoms with Gasteiger partial charge in [-0.3, -0.25) is 4.79 Å². The number of alkyl halides is 3. The fourth-order valence-corrected chi connectivity index (χ4v) is 3.24. The van der Waals surface area contributed by atoms with E-state index in [1.165, 1.54) is 6.07 Å². The maximum atomic E-state index is 12.5. The number of nitrogens with one attached hydrogen (secondary N) is 1. The molecule has 1 saturated heterocycles. The van der Waals surface area contributed by atoms with E-state index >= 15 is 0 Å². The van der Waals surface area contributed by atoms with Crippen LogP contribution in [0.15, 0.2) is 47.6 Å². The van der Waals surface area contributed by atoms with Crippen LogP contribution in [0.4, 0.5) is 18.9 Å². The van der Waals surface area contributed by atoms with Crippen LogP contribution in [0.5, 0.6) is 5.75 Å². The normalized spacial score (nSPS) is 16.8. The summed E-state index contributed by atoms with van der Waals surface area (Å²) in [6.45, 7) is 1.22. The number of benzene rings is 1. The Labute approximate surface area is 164 Å². The van der Waals surface area contributed by atoms with Gasteiger partial charge in [0.1, 0.15) is 12.4 Å². The van der Waals surface area contributed by atoms with Gasteiger partial charge in [0, 0.05) is 24.6 Å². The number of rotatable bonds is 7. The van der Waals surface area contributed by atoms with Gasteiger partial charge in [0.25, 0.3) is 0 Å². The number of hydrogen-bond donors (Lipinski definition) is 1. The molecule has 0 bridgehead atoms. The summed E-state index contributed by atoms with van der Waals surface area (Å²) < 4.78 is 48.8. The largest absolute Gasteiger partial charge is 0.491 e. The molecule has 1 aromatic heterocycles. The third-order valence-electron chi connectivity index (χ3n) is 3.99. The summed E-state index contributed by atoms with van der Waals surface area (Å²) in [5.74, 6) is 0.368. The Bertz CT molecular complexity index is 794. The summed E-state index contributed by atoms with van der Waals surface area (Å²) in [5, 5.41) is 3.08. The molecule has 1 amide bonds. The number of nitrogens with zero attached hydrogens (tertiary/aromatic N) is 1. The summed E-state index contributed by atoms with van der Waals surface area (Å²) >= 11 is 1.06. The number of anilines is 1. The SMILES string of the molecule is O=C(CSc1ccc(C(F)(F)F)cn1)Nc1cccc(OCC2CCCO2)c1. The number of carbonyl (C=O) groups is 1. The predicted octanol–water partition coefficient (Wildman–Crippen LogP) is 4.39. The maximum absolute atomic E-state index is 12.5. The molecule has 2 aromatic rings. The Hall–Kier alpha value is -2.26. The molecule has 1 N–H and O–H groups in total. The molecular formula is C19H19F3N2O3S. The zero-order valence-electron chi connectivity index (χ0n) is 14.9. The van der Waals surface area contributed by atoms with Crippen LogP contribution < -0.4 is 10.1 Å². The van der Waals surface area contributed by atoms with Crippen molar-refractivity contribution in [1.82, 2.24) is 4.98 Å². The second kappa shape index (κ2) is 9.29. The quantitative estimate of drug-likeness (QED) is 0.684. The minimum absolute atomic E-state index is 0.0271. The highest BCUT2D eigenvalue weighted by molar-refractivity contribution is 7.99. The maximum Gasteiger partial charge on any atom is 0.417 e. The molecule has 3 rings (SSSR count).